The zero-order chi connectivity index (χ0) is 20.4. The van der Waals surface area contributed by atoms with Gasteiger partial charge in [-0.1, -0.05) is 55.6 Å². The molecule has 0 fully saturated rings. The van der Waals surface area contributed by atoms with Gasteiger partial charge in [0.05, 0.1) is 22.0 Å². The summed E-state index contributed by atoms with van der Waals surface area (Å²) in [5, 5.41) is 1.87. The van der Waals surface area contributed by atoms with Crippen LogP contribution in [0.25, 0.3) is 10.2 Å². The largest absolute Gasteiger partial charge is 0.309 e. The summed E-state index contributed by atoms with van der Waals surface area (Å²) in [6.45, 7) is 7.61. The smallest absolute Gasteiger partial charge is 0.259 e. The predicted molar refractivity (Wildman–Crippen MR) is 120 cm³/mol. The predicted octanol–water partition coefficient (Wildman–Crippen LogP) is 5.82. The first-order valence-corrected chi connectivity index (χ1v) is 11.0. The molecule has 3 rings (SSSR count). The van der Waals surface area contributed by atoms with Gasteiger partial charge in [0.25, 0.3) is 5.56 Å². The average molecular weight is 438 g/mol. The fourth-order valence-corrected chi connectivity index (χ4v) is 4.76. The Kier molecular flexibility index (Phi) is 6.81. The molecule has 0 amide bonds. The zero-order valence-corrected chi connectivity index (χ0v) is 18.9. The molecule has 0 saturated carbocycles. The Hall–Kier alpha value is -1.40. The molecule has 0 aliphatic carbocycles. The lowest BCUT2D eigenvalue weighted by molar-refractivity contribution is 0.311. The minimum atomic E-state index is -0.0446. The molecule has 2 heterocycles. The van der Waals surface area contributed by atoms with Gasteiger partial charge in [0.15, 0.2) is 0 Å². The summed E-state index contributed by atoms with van der Waals surface area (Å²) in [7, 11) is 1.97. The highest BCUT2D eigenvalue weighted by Crippen LogP contribution is 2.30. The highest BCUT2D eigenvalue weighted by molar-refractivity contribution is 7.18. The number of aryl methyl sites for hydroxylation is 1. The molecule has 28 heavy (non-hydrogen) atoms. The van der Waals surface area contributed by atoms with Crippen molar-refractivity contribution in [2.24, 2.45) is 5.92 Å². The van der Waals surface area contributed by atoms with Crippen LogP contribution in [0, 0.1) is 12.8 Å². The van der Waals surface area contributed by atoms with E-state index in [9.17, 15) is 4.79 Å². The second-order valence-corrected chi connectivity index (χ2v) is 9.42. The molecule has 0 spiro atoms. The summed E-state index contributed by atoms with van der Waals surface area (Å²) >= 11 is 14.0. The first kappa shape index (κ1) is 21.3. The van der Waals surface area contributed by atoms with Gasteiger partial charge >= 0.3 is 0 Å². The van der Waals surface area contributed by atoms with Crippen molar-refractivity contribution in [3.05, 3.63) is 60.4 Å². The molecule has 3 aromatic rings. The number of rotatable bonds is 7. The molecule has 2 aromatic heterocycles. The molecule has 0 aliphatic heterocycles. The number of halogens is 2. The first-order valence-electron chi connectivity index (χ1n) is 9.42. The van der Waals surface area contributed by atoms with Crippen LogP contribution >= 0.6 is 34.5 Å². The Morgan fingerprint density at radius 3 is 2.75 bits per heavy atom. The number of hydrogen-bond acceptors (Lipinski definition) is 4. The number of H-pyrrole nitrogens is 1. The maximum atomic E-state index is 12.8. The van der Waals surface area contributed by atoms with Gasteiger partial charge in [-0.3, -0.25) is 9.69 Å². The normalized spacial score (nSPS) is 12.8. The molecule has 0 saturated heterocycles. The number of aromatic nitrogens is 2. The Morgan fingerprint density at radius 1 is 1.29 bits per heavy atom. The van der Waals surface area contributed by atoms with Gasteiger partial charge in [0.2, 0.25) is 0 Å². The van der Waals surface area contributed by atoms with Gasteiger partial charge < -0.3 is 4.98 Å². The monoisotopic (exact) mass is 437 g/mol. The molecule has 0 radical (unpaired) electrons. The molecule has 0 bridgehead atoms. The number of benzene rings is 1. The van der Waals surface area contributed by atoms with Crippen LogP contribution < -0.4 is 5.56 Å². The molecule has 1 atom stereocenters. The zero-order valence-electron chi connectivity index (χ0n) is 16.6. The molecule has 150 valence electrons. The van der Waals surface area contributed by atoms with Gasteiger partial charge in [-0.15, -0.1) is 11.3 Å². The van der Waals surface area contributed by atoms with Gasteiger partial charge in [0.1, 0.15) is 10.7 Å². The topological polar surface area (TPSA) is 49.0 Å². The summed E-state index contributed by atoms with van der Waals surface area (Å²) < 4.78 is 0. The van der Waals surface area contributed by atoms with Crippen LogP contribution in [0.2, 0.25) is 10.0 Å². The van der Waals surface area contributed by atoms with Crippen LogP contribution in [-0.4, -0.2) is 21.9 Å². The van der Waals surface area contributed by atoms with E-state index in [0.29, 0.717) is 34.9 Å². The molecule has 0 unspecified atom stereocenters. The third-order valence-corrected chi connectivity index (χ3v) is 6.95. The third kappa shape index (κ3) is 4.60. The second kappa shape index (κ2) is 8.95. The molecule has 0 aliphatic rings. The van der Waals surface area contributed by atoms with Gasteiger partial charge in [-0.2, -0.15) is 0 Å². The number of nitrogens with zero attached hydrogens (tertiary/aromatic N) is 2. The lowest BCUT2D eigenvalue weighted by Gasteiger charge is -2.17. The first-order chi connectivity index (χ1) is 13.3. The quantitative estimate of drug-likeness (QED) is 0.506. The van der Waals surface area contributed by atoms with E-state index in [1.54, 1.807) is 17.4 Å². The molecule has 7 heteroatoms. The van der Waals surface area contributed by atoms with Crippen LogP contribution in [0.15, 0.2) is 23.0 Å². The Labute approximate surface area is 179 Å². The van der Waals surface area contributed by atoms with E-state index in [2.05, 4.69) is 30.7 Å². The summed E-state index contributed by atoms with van der Waals surface area (Å²) in [5.74, 6) is 1.21. The van der Waals surface area contributed by atoms with Crippen molar-refractivity contribution < 1.29 is 0 Å². The van der Waals surface area contributed by atoms with E-state index < -0.39 is 0 Å². The highest BCUT2D eigenvalue weighted by Gasteiger charge is 2.17. The lowest BCUT2D eigenvalue weighted by atomic mass is 9.98. The van der Waals surface area contributed by atoms with E-state index in [1.165, 1.54) is 4.88 Å². The van der Waals surface area contributed by atoms with Crippen molar-refractivity contribution in [1.82, 2.24) is 14.9 Å². The van der Waals surface area contributed by atoms with Crippen molar-refractivity contribution in [3.63, 3.8) is 0 Å². The number of fused-ring (bicyclic) bond motifs is 1. The Balaban J connectivity index is 1.84. The number of hydrogen-bond donors (Lipinski definition) is 1. The highest BCUT2D eigenvalue weighted by atomic mass is 35.5. The van der Waals surface area contributed by atoms with Crippen LogP contribution in [-0.2, 0) is 19.5 Å². The van der Waals surface area contributed by atoms with E-state index >= 15 is 0 Å². The molecular weight excluding hydrogens is 413 g/mol. The standard InChI is InChI=1S/C21H25Cl2N3OS/c1-5-12(2)9-15-13(3)28-21-18(15)20(27)24-17(25-21)11-26(4)10-14-7-6-8-16(22)19(14)23/h6-8,12H,5,9-11H2,1-4H3,(H,24,25,27)/t12-/m1/s1. The number of nitrogens with one attached hydrogen (secondary N) is 1. The van der Waals surface area contributed by atoms with Crippen LogP contribution in [0.3, 0.4) is 0 Å². The molecule has 1 aromatic carbocycles. The summed E-state index contributed by atoms with van der Waals surface area (Å²) in [5.41, 5.74) is 2.05. The minimum Gasteiger partial charge on any atom is -0.309 e. The second-order valence-electron chi connectivity index (χ2n) is 7.43. The van der Waals surface area contributed by atoms with Gasteiger partial charge in [0, 0.05) is 11.4 Å². The van der Waals surface area contributed by atoms with Crippen LogP contribution in [0.1, 0.15) is 42.1 Å². The van der Waals surface area contributed by atoms with E-state index in [0.717, 1.165) is 34.2 Å². The number of aromatic amines is 1. The lowest BCUT2D eigenvalue weighted by Crippen LogP contribution is -2.22. The van der Waals surface area contributed by atoms with Gasteiger partial charge in [-0.05, 0) is 43.5 Å². The fourth-order valence-electron chi connectivity index (χ4n) is 3.31. The molecule has 1 N–H and O–H groups in total. The number of thiophene rings is 1. The van der Waals surface area contributed by atoms with E-state index in [1.807, 2.05) is 19.2 Å². The van der Waals surface area contributed by atoms with Crippen molar-refractivity contribution in [2.75, 3.05) is 7.05 Å². The van der Waals surface area contributed by atoms with Crippen LogP contribution in [0.4, 0.5) is 0 Å². The van der Waals surface area contributed by atoms with Crippen LogP contribution in [0.5, 0.6) is 0 Å². The minimum absolute atomic E-state index is 0.0446. The maximum Gasteiger partial charge on any atom is 0.259 e. The third-order valence-electron chi connectivity index (χ3n) is 5.05. The SMILES string of the molecule is CC[C@@H](C)Cc1c(C)sc2nc(CN(C)Cc3cccc(Cl)c3Cl)[nH]c(=O)c12. The van der Waals surface area contributed by atoms with E-state index in [-0.39, 0.29) is 5.56 Å². The summed E-state index contributed by atoms with van der Waals surface area (Å²) in [6, 6.07) is 5.61. The summed E-state index contributed by atoms with van der Waals surface area (Å²) in [6.07, 6.45) is 2.01. The Morgan fingerprint density at radius 2 is 2.04 bits per heavy atom. The van der Waals surface area contributed by atoms with Crippen molar-refractivity contribution >= 4 is 44.8 Å². The van der Waals surface area contributed by atoms with E-state index in [4.69, 9.17) is 28.2 Å². The summed E-state index contributed by atoms with van der Waals surface area (Å²) in [4.78, 5) is 24.6. The molecular formula is C21H25Cl2N3OS. The average Bonchev–Trinajstić information content (AvgIpc) is 2.94. The Bertz CT molecular complexity index is 1040. The maximum absolute atomic E-state index is 12.8. The van der Waals surface area contributed by atoms with Crippen molar-refractivity contribution in [2.45, 2.75) is 46.7 Å². The van der Waals surface area contributed by atoms with Crippen molar-refractivity contribution in [3.8, 4) is 0 Å². The fraction of sp³-hybridized carbons (Fsp3) is 0.429. The van der Waals surface area contributed by atoms with Gasteiger partial charge in [-0.25, -0.2) is 4.98 Å². The molecule has 4 nitrogen and oxygen atoms in total. The van der Waals surface area contributed by atoms with Crippen molar-refractivity contribution in [1.29, 1.82) is 0 Å².